The topological polar surface area (TPSA) is 62.5 Å². The monoisotopic (exact) mass is 504 g/mol. The zero-order chi connectivity index (χ0) is 24.7. The summed E-state index contributed by atoms with van der Waals surface area (Å²) in [6, 6.07) is 20.6. The summed E-state index contributed by atoms with van der Waals surface area (Å²) in [5.74, 6) is 0.940. The number of pyridine rings is 1. The van der Waals surface area contributed by atoms with Gasteiger partial charge in [-0.25, -0.2) is 0 Å². The van der Waals surface area contributed by atoms with Crippen molar-refractivity contribution in [3.63, 3.8) is 0 Å². The van der Waals surface area contributed by atoms with Gasteiger partial charge in [0.2, 0.25) is 0 Å². The number of hydrogen-bond acceptors (Lipinski definition) is 4. The summed E-state index contributed by atoms with van der Waals surface area (Å²) >= 11 is 12.1. The van der Waals surface area contributed by atoms with E-state index in [1.54, 1.807) is 31.5 Å². The lowest BCUT2D eigenvalue weighted by atomic mass is 9.96. The normalized spacial score (nSPS) is 17.5. The second-order valence-electron chi connectivity index (χ2n) is 8.49. The molecule has 1 aliphatic heterocycles. The Morgan fingerprint density at radius 3 is 2.51 bits per heavy atom. The predicted molar refractivity (Wildman–Crippen MR) is 143 cm³/mol. The highest BCUT2D eigenvalue weighted by Gasteiger charge is 2.42. The van der Waals surface area contributed by atoms with Crippen molar-refractivity contribution in [2.45, 2.75) is 25.9 Å². The van der Waals surface area contributed by atoms with Crippen molar-refractivity contribution in [2.24, 2.45) is 0 Å². The molecule has 2 N–H and O–H groups in total. The molecule has 4 aromatic rings. The zero-order valence-electron chi connectivity index (χ0n) is 19.6. The summed E-state index contributed by atoms with van der Waals surface area (Å²) in [7, 11) is 1.65. The molecule has 2 aromatic carbocycles. The summed E-state index contributed by atoms with van der Waals surface area (Å²) in [6.45, 7) is 4.07. The minimum atomic E-state index is -0.174. The van der Waals surface area contributed by atoms with Crippen LogP contribution in [0.4, 0.5) is 5.69 Å². The Balaban J connectivity index is 1.68. The molecule has 2 atom stereocenters. The number of phenolic OH excluding ortho intramolecular Hbond substituents is 1. The van der Waals surface area contributed by atoms with Crippen LogP contribution in [-0.2, 0) is 0 Å². The molecule has 0 bridgehead atoms. The minimum Gasteiger partial charge on any atom is -0.506 e. The van der Waals surface area contributed by atoms with E-state index in [-0.39, 0.29) is 17.8 Å². The molecule has 0 aliphatic carbocycles. The van der Waals surface area contributed by atoms with Crippen LogP contribution in [0.25, 0.3) is 5.69 Å². The molecule has 5 rings (SSSR count). The van der Waals surface area contributed by atoms with E-state index in [0.29, 0.717) is 15.8 Å². The molecular formula is C27H25ClN4O2S. The molecule has 0 saturated carbocycles. The number of phenols is 1. The van der Waals surface area contributed by atoms with Crippen LogP contribution in [0.5, 0.6) is 11.5 Å². The fraction of sp³-hybridized carbons (Fsp3) is 0.185. The number of benzene rings is 2. The third kappa shape index (κ3) is 4.11. The van der Waals surface area contributed by atoms with E-state index in [4.69, 9.17) is 28.6 Å². The van der Waals surface area contributed by atoms with E-state index in [9.17, 15) is 5.11 Å². The molecule has 0 amide bonds. The number of aromatic hydroxyl groups is 1. The molecular weight excluding hydrogens is 480 g/mol. The minimum absolute atomic E-state index is 0.163. The van der Waals surface area contributed by atoms with Crippen molar-refractivity contribution in [1.82, 2.24) is 14.9 Å². The summed E-state index contributed by atoms with van der Waals surface area (Å²) in [4.78, 5) is 6.76. The van der Waals surface area contributed by atoms with Crippen LogP contribution < -0.4 is 15.0 Å². The van der Waals surface area contributed by atoms with Gasteiger partial charge in [-0.05, 0) is 92.3 Å². The van der Waals surface area contributed by atoms with Crippen molar-refractivity contribution in [1.29, 1.82) is 0 Å². The lowest BCUT2D eigenvalue weighted by Gasteiger charge is -2.28. The van der Waals surface area contributed by atoms with Gasteiger partial charge in [-0.3, -0.25) is 4.98 Å². The second-order valence-corrected chi connectivity index (χ2v) is 9.31. The average molecular weight is 505 g/mol. The van der Waals surface area contributed by atoms with Gasteiger partial charge in [0.25, 0.3) is 0 Å². The molecule has 1 fully saturated rings. The number of ether oxygens (including phenoxy) is 1. The van der Waals surface area contributed by atoms with Gasteiger partial charge in [-0.2, -0.15) is 0 Å². The number of anilines is 1. The van der Waals surface area contributed by atoms with Crippen LogP contribution in [-0.4, -0.2) is 26.9 Å². The molecule has 0 radical (unpaired) electrons. The Morgan fingerprint density at radius 2 is 1.83 bits per heavy atom. The zero-order valence-corrected chi connectivity index (χ0v) is 21.1. The highest BCUT2D eigenvalue weighted by molar-refractivity contribution is 7.80. The van der Waals surface area contributed by atoms with E-state index in [1.165, 1.54) is 0 Å². The van der Waals surface area contributed by atoms with Crippen LogP contribution in [0.1, 0.15) is 34.7 Å². The summed E-state index contributed by atoms with van der Waals surface area (Å²) in [6.07, 6.45) is 1.79. The third-order valence-corrected chi connectivity index (χ3v) is 6.97. The van der Waals surface area contributed by atoms with Crippen LogP contribution in [0.15, 0.2) is 72.9 Å². The molecule has 2 unspecified atom stereocenters. The maximum Gasteiger partial charge on any atom is 0.174 e. The Kier molecular flexibility index (Phi) is 6.13. The van der Waals surface area contributed by atoms with Gasteiger partial charge in [0.1, 0.15) is 11.5 Å². The van der Waals surface area contributed by atoms with Crippen LogP contribution in [0, 0.1) is 13.8 Å². The maximum absolute atomic E-state index is 10.6. The number of nitrogens with one attached hydrogen (secondary N) is 1. The molecule has 178 valence electrons. The lowest BCUT2D eigenvalue weighted by Crippen LogP contribution is -2.29. The van der Waals surface area contributed by atoms with Crippen LogP contribution in [0.2, 0.25) is 5.02 Å². The summed E-state index contributed by atoms with van der Waals surface area (Å²) in [5.41, 5.74) is 5.50. The molecule has 1 aliphatic rings. The number of thiocarbonyl (C=S) groups is 1. The van der Waals surface area contributed by atoms with Crippen molar-refractivity contribution in [3.8, 4) is 17.2 Å². The number of methoxy groups -OCH3 is 1. The highest BCUT2D eigenvalue weighted by atomic mass is 35.5. The fourth-order valence-corrected chi connectivity index (χ4v) is 5.34. The number of hydrogen-bond donors (Lipinski definition) is 2. The van der Waals surface area contributed by atoms with Crippen molar-refractivity contribution in [3.05, 3.63) is 101 Å². The third-order valence-electron chi connectivity index (χ3n) is 6.42. The number of aryl methyl sites for hydroxylation is 1. The van der Waals surface area contributed by atoms with Gasteiger partial charge in [-0.15, -0.1) is 0 Å². The van der Waals surface area contributed by atoms with Gasteiger partial charge in [0.05, 0.1) is 30.6 Å². The van der Waals surface area contributed by atoms with E-state index in [2.05, 4.69) is 21.3 Å². The largest absolute Gasteiger partial charge is 0.506 e. The molecule has 8 heteroatoms. The Morgan fingerprint density at radius 1 is 1.06 bits per heavy atom. The number of aromatic nitrogens is 2. The van der Waals surface area contributed by atoms with Crippen molar-refractivity contribution in [2.75, 3.05) is 12.0 Å². The van der Waals surface area contributed by atoms with Gasteiger partial charge in [0, 0.05) is 28.3 Å². The molecule has 0 spiro atoms. The lowest BCUT2D eigenvalue weighted by molar-refractivity contribution is 0.415. The molecule has 35 heavy (non-hydrogen) atoms. The predicted octanol–water partition coefficient (Wildman–Crippen LogP) is 6.03. The quantitative estimate of drug-likeness (QED) is 0.323. The Hall–Kier alpha value is -3.55. The second kappa shape index (κ2) is 9.24. The fourth-order valence-electron chi connectivity index (χ4n) is 4.83. The first-order chi connectivity index (χ1) is 16.9. The Bertz CT molecular complexity index is 1390. The van der Waals surface area contributed by atoms with Gasteiger partial charge < -0.3 is 24.6 Å². The van der Waals surface area contributed by atoms with Gasteiger partial charge in [0.15, 0.2) is 5.11 Å². The number of nitrogens with zero attached hydrogens (tertiary/aromatic N) is 3. The van der Waals surface area contributed by atoms with E-state index < -0.39 is 0 Å². The van der Waals surface area contributed by atoms with E-state index in [1.807, 2.05) is 60.9 Å². The Labute approximate surface area is 214 Å². The SMILES string of the molecule is COc1ccc(N2C(=S)NC(c3ccccn3)C2c2cc(C)n(-c3cc(Cl)ccc3O)c2C)cc1. The first-order valence-corrected chi connectivity index (χ1v) is 12.0. The van der Waals surface area contributed by atoms with Crippen LogP contribution in [0.3, 0.4) is 0 Å². The standard InChI is InChI=1S/C27H25ClN4O2S/c1-16-14-21(17(2)31(16)23-15-18(28)7-12-24(23)33)26-25(22-6-4-5-13-29-22)30-27(35)32(26)19-8-10-20(34-3)11-9-19/h4-15,25-26,33H,1-3H3,(H,30,35). The molecule has 2 aromatic heterocycles. The van der Waals surface area contributed by atoms with Gasteiger partial charge >= 0.3 is 0 Å². The van der Waals surface area contributed by atoms with Crippen molar-refractivity contribution < 1.29 is 9.84 Å². The van der Waals surface area contributed by atoms with E-state index in [0.717, 1.165) is 34.1 Å². The van der Waals surface area contributed by atoms with Crippen LogP contribution >= 0.6 is 23.8 Å². The molecule has 3 heterocycles. The summed E-state index contributed by atoms with van der Waals surface area (Å²) < 4.78 is 7.38. The molecule has 6 nitrogen and oxygen atoms in total. The van der Waals surface area contributed by atoms with Crippen molar-refractivity contribution >= 4 is 34.6 Å². The van der Waals surface area contributed by atoms with E-state index >= 15 is 0 Å². The highest BCUT2D eigenvalue weighted by Crippen LogP contribution is 2.44. The molecule has 1 saturated heterocycles. The number of halogens is 1. The smallest absolute Gasteiger partial charge is 0.174 e. The first-order valence-electron chi connectivity index (χ1n) is 11.2. The first kappa shape index (κ1) is 23.2. The average Bonchev–Trinajstić information content (AvgIpc) is 3.36. The van der Waals surface area contributed by atoms with Gasteiger partial charge in [-0.1, -0.05) is 17.7 Å². The number of rotatable bonds is 5. The summed E-state index contributed by atoms with van der Waals surface area (Å²) in [5, 5.41) is 15.3. The maximum atomic E-state index is 10.6.